The summed E-state index contributed by atoms with van der Waals surface area (Å²) >= 11 is 0. The Hall–Kier alpha value is -3.78. The van der Waals surface area contributed by atoms with Crippen molar-refractivity contribution in [2.24, 2.45) is 0 Å². The highest BCUT2D eigenvalue weighted by Crippen LogP contribution is 2.41. The molecule has 0 unspecified atom stereocenters. The topological polar surface area (TPSA) is 25.8 Å². The molecular weight excluding hydrogens is 364 g/mol. The summed E-state index contributed by atoms with van der Waals surface area (Å²) in [5.41, 5.74) is 8.84. The largest absolute Gasteiger partial charge is 0.247 e. The molecule has 2 heteroatoms. The lowest BCUT2D eigenvalue weighted by Crippen LogP contribution is -1.96. The molecule has 0 aliphatic carbocycles. The predicted octanol–water partition coefficient (Wildman–Crippen LogP) is 7.32. The zero-order valence-electron chi connectivity index (χ0n) is 17.0. The van der Waals surface area contributed by atoms with Gasteiger partial charge in [-0.05, 0) is 26.0 Å². The van der Waals surface area contributed by atoms with Crippen molar-refractivity contribution in [3.8, 4) is 22.5 Å². The van der Waals surface area contributed by atoms with Crippen molar-refractivity contribution in [3.05, 3.63) is 96.1 Å². The number of hydrogen-bond donors (Lipinski definition) is 0. The predicted molar refractivity (Wildman–Crippen MR) is 126 cm³/mol. The van der Waals surface area contributed by atoms with Crippen molar-refractivity contribution < 1.29 is 0 Å². The molecular formula is C28H20N2. The summed E-state index contributed by atoms with van der Waals surface area (Å²) in [6, 6.07) is 30.0. The zero-order valence-corrected chi connectivity index (χ0v) is 17.0. The van der Waals surface area contributed by atoms with Crippen LogP contribution in [0.4, 0.5) is 0 Å². The molecule has 0 fully saturated rings. The average Bonchev–Trinajstić information content (AvgIpc) is 2.78. The second-order valence-corrected chi connectivity index (χ2v) is 8.05. The number of aromatic nitrogens is 2. The number of pyridine rings is 2. The van der Waals surface area contributed by atoms with Gasteiger partial charge in [0.25, 0.3) is 0 Å². The van der Waals surface area contributed by atoms with E-state index in [-0.39, 0.29) is 0 Å². The molecule has 6 aromatic rings. The Morgan fingerprint density at radius 2 is 0.900 bits per heavy atom. The molecule has 6 rings (SSSR count). The first-order valence-electron chi connectivity index (χ1n) is 10.3. The van der Waals surface area contributed by atoms with Gasteiger partial charge in [0.1, 0.15) is 0 Å². The van der Waals surface area contributed by atoms with E-state index in [1.54, 1.807) is 0 Å². The number of benzene rings is 4. The van der Waals surface area contributed by atoms with E-state index in [4.69, 9.17) is 9.97 Å². The summed E-state index contributed by atoms with van der Waals surface area (Å²) in [6.45, 7) is 4.23. The zero-order chi connectivity index (χ0) is 20.2. The van der Waals surface area contributed by atoms with Crippen LogP contribution < -0.4 is 0 Å². The van der Waals surface area contributed by atoms with Crippen LogP contribution in [0.5, 0.6) is 0 Å². The van der Waals surface area contributed by atoms with Crippen molar-refractivity contribution in [3.63, 3.8) is 0 Å². The maximum Gasteiger partial charge on any atom is 0.0788 e. The van der Waals surface area contributed by atoms with Gasteiger partial charge in [0, 0.05) is 32.7 Å². The van der Waals surface area contributed by atoms with Gasteiger partial charge in [-0.25, -0.2) is 9.97 Å². The molecule has 0 spiro atoms. The molecule has 142 valence electrons. The average molecular weight is 384 g/mol. The van der Waals surface area contributed by atoms with Crippen LogP contribution in [0.25, 0.3) is 55.1 Å². The van der Waals surface area contributed by atoms with E-state index in [2.05, 4.69) is 98.8 Å². The third kappa shape index (κ3) is 2.50. The van der Waals surface area contributed by atoms with Crippen molar-refractivity contribution in [2.75, 3.05) is 0 Å². The van der Waals surface area contributed by atoms with Crippen molar-refractivity contribution in [1.82, 2.24) is 9.97 Å². The second kappa shape index (κ2) is 6.36. The molecule has 2 nitrogen and oxygen atoms in total. The van der Waals surface area contributed by atoms with E-state index < -0.39 is 0 Å². The molecule has 0 amide bonds. The summed E-state index contributed by atoms with van der Waals surface area (Å²) in [5, 5.41) is 4.75. The Balaban J connectivity index is 1.78. The first-order valence-corrected chi connectivity index (χ1v) is 10.3. The number of hydrogen-bond acceptors (Lipinski definition) is 2. The summed E-state index contributed by atoms with van der Waals surface area (Å²) in [4.78, 5) is 10.2. The fourth-order valence-electron chi connectivity index (χ4n) is 4.41. The summed E-state index contributed by atoms with van der Waals surface area (Å²) in [6.07, 6.45) is 0. The second-order valence-electron chi connectivity index (χ2n) is 8.05. The maximum absolute atomic E-state index is 5.08. The molecule has 2 aromatic heterocycles. The lowest BCUT2D eigenvalue weighted by molar-refractivity contribution is 1.38. The van der Waals surface area contributed by atoms with Crippen LogP contribution in [0.2, 0.25) is 0 Å². The Labute approximate surface area is 175 Å². The monoisotopic (exact) mass is 384 g/mol. The third-order valence-corrected chi connectivity index (χ3v) is 5.96. The van der Waals surface area contributed by atoms with Crippen LogP contribution in [-0.4, -0.2) is 9.97 Å². The van der Waals surface area contributed by atoms with Crippen LogP contribution in [0.3, 0.4) is 0 Å². The molecule has 4 aromatic carbocycles. The van der Waals surface area contributed by atoms with E-state index in [1.165, 1.54) is 27.3 Å². The Kier molecular flexibility index (Phi) is 3.63. The fraction of sp³-hybridized carbons (Fsp3) is 0.0714. The van der Waals surface area contributed by atoms with E-state index in [9.17, 15) is 0 Å². The van der Waals surface area contributed by atoms with Crippen molar-refractivity contribution >= 4 is 32.6 Å². The van der Waals surface area contributed by atoms with Crippen molar-refractivity contribution in [1.29, 1.82) is 0 Å². The number of rotatable bonds is 2. The van der Waals surface area contributed by atoms with E-state index in [1.807, 2.05) is 0 Å². The smallest absolute Gasteiger partial charge is 0.0788 e. The highest BCUT2D eigenvalue weighted by molar-refractivity contribution is 6.25. The maximum atomic E-state index is 5.08. The lowest BCUT2D eigenvalue weighted by Gasteiger charge is -2.16. The molecule has 2 heterocycles. The minimum Gasteiger partial charge on any atom is -0.247 e. The molecule has 30 heavy (non-hydrogen) atoms. The standard InChI is InChI=1S/C28H20N2/c1-17-9-13-19(14-10-17)27-21-5-3-6-22-25(21)26-23(29-27)7-4-8-24(26)30-28(22)20-15-11-18(2)12-16-20/h3-16H,1-2H3. The van der Waals surface area contributed by atoms with Crippen LogP contribution in [0.1, 0.15) is 11.1 Å². The molecule has 0 radical (unpaired) electrons. The summed E-state index contributed by atoms with van der Waals surface area (Å²) in [7, 11) is 0. The number of nitrogens with zero attached hydrogens (tertiary/aromatic N) is 2. The Morgan fingerprint density at radius 1 is 0.467 bits per heavy atom. The van der Waals surface area contributed by atoms with Gasteiger partial charge in [0.15, 0.2) is 0 Å². The van der Waals surface area contributed by atoms with Gasteiger partial charge in [-0.3, -0.25) is 0 Å². The highest BCUT2D eigenvalue weighted by Gasteiger charge is 2.18. The minimum atomic E-state index is 0.995. The third-order valence-electron chi connectivity index (χ3n) is 5.96. The van der Waals surface area contributed by atoms with Gasteiger partial charge in [-0.15, -0.1) is 0 Å². The van der Waals surface area contributed by atoms with Crippen LogP contribution in [0, 0.1) is 13.8 Å². The van der Waals surface area contributed by atoms with Crippen LogP contribution in [0.15, 0.2) is 84.9 Å². The highest BCUT2D eigenvalue weighted by atomic mass is 14.7. The van der Waals surface area contributed by atoms with Gasteiger partial charge in [0.05, 0.1) is 22.4 Å². The first-order chi connectivity index (χ1) is 14.7. The van der Waals surface area contributed by atoms with E-state index >= 15 is 0 Å². The molecule has 0 saturated carbocycles. The van der Waals surface area contributed by atoms with Crippen LogP contribution in [-0.2, 0) is 0 Å². The molecule has 0 saturated heterocycles. The van der Waals surface area contributed by atoms with E-state index in [0.717, 1.165) is 38.9 Å². The molecule has 0 aliphatic rings. The quantitative estimate of drug-likeness (QED) is 0.292. The van der Waals surface area contributed by atoms with Gasteiger partial charge in [-0.2, -0.15) is 0 Å². The molecule has 0 N–H and O–H groups in total. The van der Waals surface area contributed by atoms with Crippen molar-refractivity contribution in [2.45, 2.75) is 13.8 Å². The first kappa shape index (κ1) is 17.1. The normalized spacial score (nSPS) is 11.7. The molecule has 0 atom stereocenters. The molecule has 0 aliphatic heterocycles. The number of aryl methyl sites for hydroxylation is 2. The van der Waals surface area contributed by atoms with Gasteiger partial charge in [0.2, 0.25) is 0 Å². The fourth-order valence-corrected chi connectivity index (χ4v) is 4.41. The van der Waals surface area contributed by atoms with E-state index in [0.29, 0.717) is 0 Å². The lowest BCUT2D eigenvalue weighted by atomic mass is 9.93. The van der Waals surface area contributed by atoms with Gasteiger partial charge in [-0.1, -0.05) is 83.9 Å². The summed E-state index contributed by atoms with van der Waals surface area (Å²) in [5.74, 6) is 0. The summed E-state index contributed by atoms with van der Waals surface area (Å²) < 4.78 is 0. The van der Waals surface area contributed by atoms with Gasteiger partial charge < -0.3 is 0 Å². The van der Waals surface area contributed by atoms with Crippen LogP contribution >= 0.6 is 0 Å². The van der Waals surface area contributed by atoms with Gasteiger partial charge >= 0.3 is 0 Å². The Bertz CT molecular complexity index is 1420. The SMILES string of the molecule is Cc1ccc(-c2nc3cccc4nc(-c5ccc(C)cc5)c5cccc2c5c34)cc1. The molecule has 0 bridgehead atoms. The Morgan fingerprint density at radius 3 is 1.37 bits per heavy atom. The minimum absolute atomic E-state index is 0.995.